The molecule has 0 atom stereocenters. The number of methoxy groups -OCH3 is 2. The second-order valence-corrected chi connectivity index (χ2v) is 4.94. The number of nitro groups is 1. The Bertz CT molecular complexity index is 743. The van der Waals surface area contributed by atoms with Crippen LogP contribution in [0.3, 0.4) is 0 Å². The summed E-state index contributed by atoms with van der Waals surface area (Å²) in [7, 11) is 4.77. The third kappa shape index (κ3) is 3.62. The third-order valence-electron chi connectivity index (χ3n) is 3.37. The molecule has 0 fully saturated rings. The Hall–Kier alpha value is -3.10. The fourth-order valence-corrected chi connectivity index (χ4v) is 2.30. The molecule has 0 aliphatic carbocycles. The van der Waals surface area contributed by atoms with Crippen molar-refractivity contribution in [1.82, 2.24) is 14.8 Å². The van der Waals surface area contributed by atoms with Crippen LogP contribution in [0.2, 0.25) is 0 Å². The molecule has 0 radical (unpaired) electrons. The zero-order chi connectivity index (χ0) is 17.7. The van der Waals surface area contributed by atoms with Gasteiger partial charge in [-0.2, -0.15) is 4.68 Å². The molecule has 2 rings (SSSR count). The maximum Gasteiger partial charge on any atom is 0.493 e. The average molecular weight is 333 g/mol. The van der Waals surface area contributed by atoms with Crippen LogP contribution in [0.25, 0.3) is 0 Å². The van der Waals surface area contributed by atoms with Gasteiger partial charge in [-0.05, 0) is 28.1 Å². The molecule has 2 aromatic rings. The minimum absolute atomic E-state index is 0.367. The molecule has 9 heteroatoms. The molecule has 1 aromatic carbocycles. The SMILES string of the molecule is C=CCN(Cc1cc(OC)ccc1OC)c1nc([N+](=O)[O-])nn1C. The first-order valence-electron chi connectivity index (χ1n) is 7.12. The Kier molecular flexibility index (Phi) is 5.35. The van der Waals surface area contributed by atoms with Crippen LogP contribution in [0, 0.1) is 10.1 Å². The van der Waals surface area contributed by atoms with Gasteiger partial charge >= 0.3 is 11.9 Å². The number of aryl methyl sites for hydroxylation is 1. The molecule has 0 spiro atoms. The Morgan fingerprint density at radius 2 is 2.17 bits per heavy atom. The highest BCUT2D eigenvalue weighted by Crippen LogP contribution is 2.27. The summed E-state index contributed by atoms with van der Waals surface area (Å²) in [5.74, 6) is 1.29. The Morgan fingerprint density at radius 3 is 2.71 bits per heavy atom. The van der Waals surface area contributed by atoms with Crippen LogP contribution < -0.4 is 14.4 Å². The lowest BCUT2D eigenvalue weighted by Crippen LogP contribution is -2.26. The quantitative estimate of drug-likeness (QED) is 0.414. The molecule has 1 aromatic heterocycles. The lowest BCUT2D eigenvalue weighted by Gasteiger charge is -2.20. The van der Waals surface area contributed by atoms with Gasteiger partial charge in [0.15, 0.2) is 0 Å². The van der Waals surface area contributed by atoms with Crippen molar-refractivity contribution < 1.29 is 14.4 Å². The van der Waals surface area contributed by atoms with E-state index in [1.54, 1.807) is 39.5 Å². The van der Waals surface area contributed by atoms with E-state index in [2.05, 4.69) is 16.7 Å². The predicted molar refractivity (Wildman–Crippen MR) is 88.5 cm³/mol. The fraction of sp³-hybridized carbons (Fsp3) is 0.333. The highest BCUT2D eigenvalue weighted by atomic mass is 16.6. The first kappa shape index (κ1) is 17.3. The van der Waals surface area contributed by atoms with Gasteiger partial charge in [-0.25, -0.2) is 0 Å². The Balaban J connectivity index is 2.39. The van der Waals surface area contributed by atoms with Crippen LogP contribution in [0.1, 0.15) is 5.56 Å². The van der Waals surface area contributed by atoms with Crippen LogP contribution in [0.5, 0.6) is 11.5 Å². The van der Waals surface area contributed by atoms with E-state index >= 15 is 0 Å². The van der Waals surface area contributed by atoms with Crippen molar-refractivity contribution in [1.29, 1.82) is 0 Å². The van der Waals surface area contributed by atoms with E-state index in [-0.39, 0.29) is 0 Å². The number of hydrogen-bond acceptors (Lipinski definition) is 7. The maximum absolute atomic E-state index is 10.9. The number of benzene rings is 1. The monoisotopic (exact) mass is 333 g/mol. The largest absolute Gasteiger partial charge is 0.497 e. The van der Waals surface area contributed by atoms with Gasteiger partial charge in [0.25, 0.3) is 0 Å². The molecule has 0 bridgehead atoms. The van der Waals surface area contributed by atoms with E-state index in [1.807, 2.05) is 11.0 Å². The molecule has 0 unspecified atom stereocenters. The summed E-state index contributed by atoms with van der Waals surface area (Å²) in [6.45, 7) is 4.56. The standard InChI is InChI=1S/C15H19N5O4/c1-5-8-19(15-16-14(20(21)22)17-18(15)2)10-11-9-12(23-3)6-7-13(11)24-4/h5-7,9H,1,8,10H2,2-4H3. The molecule has 0 N–H and O–H groups in total. The number of hydrogen-bond donors (Lipinski definition) is 0. The molecule has 0 saturated heterocycles. The van der Waals surface area contributed by atoms with Gasteiger partial charge in [-0.15, -0.1) is 6.58 Å². The summed E-state index contributed by atoms with van der Waals surface area (Å²) < 4.78 is 12.0. The van der Waals surface area contributed by atoms with Crippen LogP contribution >= 0.6 is 0 Å². The van der Waals surface area contributed by atoms with Crippen molar-refractivity contribution in [3.63, 3.8) is 0 Å². The van der Waals surface area contributed by atoms with Gasteiger partial charge in [-0.1, -0.05) is 6.08 Å². The lowest BCUT2D eigenvalue weighted by molar-refractivity contribution is -0.394. The number of rotatable bonds is 8. The molecule has 0 amide bonds. The summed E-state index contributed by atoms with van der Waals surface area (Å²) in [4.78, 5) is 16.0. The molecule has 0 saturated carbocycles. The van der Waals surface area contributed by atoms with Crippen LogP contribution in [0.4, 0.5) is 11.9 Å². The summed E-state index contributed by atoms with van der Waals surface area (Å²) in [6.07, 6.45) is 1.69. The van der Waals surface area contributed by atoms with Crippen molar-refractivity contribution in [2.24, 2.45) is 7.05 Å². The Labute approximate surface area is 139 Å². The van der Waals surface area contributed by atoms with Crippen molar-refractivity contribution in [2.45, 2.75) is 6.54 Å². The van der Waals surface area contributed by atoms with E-state index < -0.39 is 10.9 Å². The number of aromatic nitrogens is 3. The molecular formula is C15H19N5O4. The summed E-state index contributed by atoms with van der Waals surface area (Å²) in [5, 5.41) is 14.7. The van der Waals surface area contributed by atoms with Crippen molar-refractivity contribution in [2.75, 3.05) is 25.7 Å². The minimum atomic E-state index is -0.623. The fourth-order valence-electron chi connectivity index (χ4n) is 2.30. The van der Waals surface area contributed by atoms with Crippen molar-refractivity contribution in [3.8, 4) is 11.5 Å². The zero-order valence-corrected chi connectivity index (χ0v) is 13.8. The molecule has 0 aliphatic heterocycles. The molecule has 0 aliphatic rings. The zero-order valence-electron chi connectivity index (χ0n) is 13.8. The van der Waals surface area contributed by atoms with Gasteiger partial charge in [0, 0.05) is 24.3 Å². The number of anilines is 1. The van der Waals surface area contributed by atoms with E-state index in [0.717, 1.165) is 5.56 Å². The van der Waals surface area contributed by atoms with Crippen LogP contribution in [-0.2, 0) is 13.6 Å². The maximum atomic E-state index is 10.9. The molecule has 9 nitrogen and oxygen atoms in total. The van der Waals surface area contributed by atoms with Gasteiger partial charge in [-0.3, -0.25) is 0 Å². The number of ether oxygens (including phenoxy) is 2. The highest BCUT2D eigenvalue weighted by Gasteiger charge is 2.24. The third-order valence-corrected chi connectivity index (χ3v) is 3.37. The second kappa shape index (κ2) is 7.44. The predicted octanol–water partition coefficient (Wildman–Crippen LogP) is 1.93. The highest BCUT2D eigenvalue weighted by molar-refractivity contribution is 5.44. The normalized spacial score (nSPS) is 10.3. The van der Waals surface area contributed by atoms with Crippen LogP contribution in [-0.4, -0.2) is 40.5 Å². The lowest BCUT2D eigenvalue weighted by atomic mass is 10.1. The van der Waals surface area contributed by atoms with Gasteiger partial charge in [0.05, 0.1) is 20.8 Å². The molecule has 24 heavy (non-hydrogen) atoms. The first-order valence-corrected chi connectivity index (χ1v) is 7.12. The topological polar surface area (TPSA) is 95.6 Å². The van der Waals surface area contributed by atoms with E-state index in [9.17, 15) is 10.1 Å². The van der Waals surface area contributed by atoms with E-state index in [0.29, 0.717) is 30.5 Å². The molecule has 128 valence electrons. The van der Waals surface area contributed by atoms with Crippen molar-refractivity contribution in [3.05, 3.63) is 46.5 Å². The summed E-state index contributed by atoms with van der Waals surface area (Å²) >= 11 is 0. The smallest absolute Gasteiger partial charge is 0.493 e. The van der Waals surface area contributed by atoms with Crippen molar-refractivity contribution >= 4 is 11.9 Å². The molecular weight excluding hydrogens is 314 g/mol. The average Bonchev–Trinajstić information content (AvgIpc) is 2.96. The van der Waals surface area contributed by atoms with Gasteiger partial charge in [0.1, 0.15) is 11.5 Å². The summed E-state index contributed by atoms with van der Waals surface area (Å²) in [5.41, 5.74) is 0.851. The second-order valence-electron chi connectivity index (χ2n) is 4.94. The molecule has 1 heterocycles. The van der Waals surface area contributed by atoms with Gasteiger partial charge in [0.2, 0.25) is 0 Å². The minimum Gasteiger partial charge on any atom is -0.497 e. The number of nitrogens with zero attached hydrogens (tertiary/aromatic N) is 5. The summed E-state index contributed by atoms with van der Waals surface area (Å²) in [6, 6.07) is 5.45. The van der Waals surface area contributed by atoms with E-state index in [4.69, 9.17) is 9.47 Å². The van der Waals surface area contributed by atoms with E-state index in [1.165, 1.54) is 4.68 Å². The van der Waals surface area contributed by atoms with Crippen LogP contribution in [0.15, 0.2) is 30.9 Å². The van der Waals surface area contributed by atoms with Gasteiger partial charge < -0.3 is 24.5 Å². The Morgan fingerprint density at radius 1 is 1.42 bits per heavy atom. The first-order chi connectivity index (χ1) is 11.5.